The van der Waals surface area contributed by atoms with E-state index in [1.165, 1.54) is 5.56 Å². The molecule has 1 atom stereocenters. The summed E-state index contributed by atoms with van der Waals surface area (Å²) in [5.41, 5.74) is 7.23. The third kappa shape index (κ3) is 3.69. The van der Waals surface area contributed by atoms with Crippen molar-refractivity contribution in [2.45, 2.75) is 19.4 Å². The Hall–Kier alpha value is -1.58. The molecule has 3 heteroatoms. The van der Waals surface area contributed by atoms with Crippen LogP contribution in [0.3, 0.4) is 0 Å². The molecule has 102 valence electrons. The van der Waals surface area contributed by atoms with Gasteiger partial charge in [-0.1, -0.05) is 30.3 Å². The summed E-state index contributed by atoms with van der Waals surface area (Å²) in [5, 5.41) is 0. The summed E-state index contributed by atoms with van der Waals surface area (Å²) in [4.78, 5) is 2.26. The molecule has 0 spiro atoms. The van der Waals surface area contributed by atoms with E-state index in [9.17, 15) is 0 Å². The molecule has 2 rings (SSSR count). The number of nitrogens with two attached hydrogens (primary N) is 1. The highest BCUT2D eigenvalue weighted by molar-refractivity contribution is 5.15. The minimum Gasteiger partial charge on any atom is -0.465 e. The summed E-state index contributed by atoms with van der Waals surface area (Å²) in [6, 6.07) is 14.7. The van der Waals surface area contributed by atoms with Gasteiger partial charge in [0.15, 0.2) is 0 Å². The highest BCUT2D eigenvalue weighted by Gasteiger charge is 2.18. The number of benzene rings is 1. The van der Waals surface area contributed by atoms with Crippen molar-refractivity contribution in [2.24, 2.45) is 5.73 Å². The van der Waals surface area contributed by atoms with Crippen LogP contribution in [-0.4, -0.2) is 25.0 Å². The van der Waals surface area contributed by atoms with Crippen molar-refractivity contribution >= 4 is 0 Å². The van der Waals surface area contributed by atoms with E-state index in [4.69, 9.17) is 10.2 Å². The fraction of sp³-hybridized carbons (Fsp3) is 0.375. The van der Waals surface area contributed by atoms with Gasteiger partial charge in [-0.15, -0.1) is 0 Å². The molecule has 0 fully saturated rings. The van der Waals surface area contributed by atoms with Crippen LogP contribution in [0, 0.1) is 6.92 Å². The second-order valence-corrected chi connectivity index (χ2v) is 4.92. The maximum absolute atomic E-state index is 5.88. The van der Waals surface area contributed by atoms with Crippen LogP contribution in [0.25, 0.3) is 0 Å². The Bertz CT molecular complexity index is 492. The van der Waals surface area contributed by atoms with Gasteiger partial charge in [-0.25, -0.2) is 0 Å². The van der Waals surface area contributed by atoms with Crippen molar-refractivity contribution < 1.29 is 4.42 Å². The van der Waals surface area contributed by atoms with Crippen LogP contribution in [0.2, 0.25) is 0 Å². The average Bonchev–Trinajstić information content (AvgIpc) is 2.85. The third-order valence-electron chi connectivity index (χ3n) is 3.44. The summed E-state index contributed by atoms with van der Waals surface area (Å²) in [6.07, 6.45) is 1.02. The van der Waals surface area contributed by atoms with Crippen LogP contribution >= 0.6 is 0 Å². The van der Waals surface area contributed by atoms with E-state index in [-0.39, 0.29) is 6.04 Å². The zero-order valence-corrected chi connectivity index (χ0v) is 11.7. The molecule has 0 saturated heterocycles. The standard InChI is InChI=1S/C16H22N2O/c1-13-8-9-16(19-13)15(12-17)18(2)11-10-14-6-4-3-5-7-14/h3-9,15H,10-12,17H2,1-2H3. The topological polar surface area (TPSA) is 42.4 Å². The quantitative estimate of drug-likeness (QED) is 0.866. The fourth-order valence-electron chi connectivity index (χ4n) is 2.25. The Morgan fingerprint density at radius 2 is 1.89 bits per heavy atom. The van der Waals surface area contributed by atoms with Gasteiger partial charge in [-0.05, 0) is 38.1 Å². The van der Waals surface area contributed by atoms with Crippen molar-refractivity contribution in [3.63, 3.8) is 0 Å². The second-order valence-electron chi connectivity index (χ2n) is 4.92. The van der Waals surface area contributed by atoms with Gasteiger partial charge in [0, 0.05) is 13.1 Å². The van der Waals surface area contributed by atoms with Crippen LogP contribution in [-0.2, 0) is 6.42 Å². The lowest BCUT2D eigenvalue weighted by molar-refractivity contribution is 0.221. The van der Waals surface area contributed by atoms with Gasteiger partial charge < -0.3 is 10.2 Å². The van der Waals surface area contributed by atoms with E-state index in [0.717, 1.165) is 24.5 Å². The lowest BCUT2D eigenvalue weighted by Crippen LogP contribution is -2.31. The molecule has 0 bridgehead atoms. The Morgan fingerprint density at radius 3 is 2.47 bits per heavy atom. The van der Waals surface area contributed by atoms with Crippen molar-refractivity contribution in [3.05, 3.63) is 59.5 Å². The minimum absolute atomic E-state index is 0.150. The van der Waals surface area contributed by atoms with Gasteiger partial charge in [0.05, 0.1) is 6.04 Å². The Morgan fingerprint density at radius 1 is 1.16 bits per heavy atom. The summed E-state index contributed by atoms with van der Waals surface area (Å²) in [6.45, 7) is 3.49. The predicted molar refractivity (Wildman–Crippen MR) is 78.0 cm³/mol. The zero-order valence-electron chi connectivity index (χ0n) is 11.7. The molecule has 1 heterocycles. The maximum atomic E-state index is 5.88. The zero-order chi connectivity index (χ0) is 13.7. The van der Waals surface area contributed by atoms with E-state index in [2.05, 4.69) is 36.2 Å². The molecule has 2 aromatic rings. The molecule has 1 unspecified atom stereocenters. The number of rotatable bonds is 6. The lowest BCUT2D eigenvalue weighted by Gasteiger charge is -2.25. The van der Waals surface area contributed by atoms with Crippen LogP contribution in [0.4, 0.5) is 0 Å². The Kier molecular flexibility index (Phi) is 4.77. The number of hydrogen-bond donors (Lipinski definition) is 1. The number of likely N-dealkylation sites (N-methyl/N-ethyl adjacent to an activating group) is 1. The highest BCUT2D eigenvalue weighted by atomic mass is 16.3. The Labute approximate surface area is 115 Å². The molecule has 0 aliphatic rings. The monoisotopic (exact) mass is 258 g/mol. The molecule has 19 heavy (non-hydrogen) atoms. The number of nitrogens with zero attached hydrogens (tertiary/aromatic N) is 1. The van der Waals surface area contributed by atoms with Crippen LogP contribution < -0.4 is 5.73 Å². The molecule has 0 radical (unpaired) electrons. The highest BCUT2D eigenvalue weighted by Crippen LogP contribution is 2.20. The van der Waals surface area contributed by atoms with Crippen LogP contribution in [0.1, 0.15) is 23.1 Å². The molecular weight excluding hydrogens is 236 g/mol. The lowest BCUT2D eigenvalue weighted by atomic mass is 10.1. The smallest absolute Gasteiger partial charge is 0.122 e. The summed E-state index contributed by atoms with van der Waals surface area (Å²) in [7, 11) is 2.10. The molecular formula is C16H22N2O. The largest absolute Gasteiger partial charge is 0.465 e. The SMILES string of the molecule is Cc1ccc(C(CN)N(C)CCc2ccccc2)o1. The predicted octanol–water partition coefficient (Wildman–Crippen LogP) is 2.76. The molecule has 0 aliphatic carbocycles. The fourth-order valence-corrected chi connectivity index (χ4v) is 2.25. The van der Waals surface area contributed by atoms with Crippen molar-refractivity contribution in [3.8, 4) is 0 Å². The van der Waals surface area contributed by atoms with Gasteiger partial charge >= 0.3 is 0 Å². The summed E-state index contributed by atoms with van der Waals surface area (Å²) in [5.74, 6) is 1.89. The van der Waals surface area contributed by atoms with Gasteiger partial charge in [0.25, 0.3) is 0 Å². The van der Waals surface area contributed by atoms with E-state index in [1.54, 1.807) is 0 Å². The second kappa shape index (κ2) is 6.55. The Balaban J connectivity index is 1.96. The number of furan rings is 1. The van der Waals surface area contributed by atoms with E-state index >= 15 is 0 Å². The molecule has 2 N–H and O–H groups in total. The number of hydrogen-bond acceptors (Lipinski definition) is 3. The van der Waals surface area contributed by atoms with Crippen molar-refractivity contribution in [1.29, 1.82) is 0 Å². The van der Waals surface area contributed by atoms with E-state index in [0.29, 0.717) is 6.54 Å². The molecule has 1 aromatic heterocycles. The van der Waals surface area contributed by atoms with Crippen LogP contribution in [0.5, 0.6) is 0 Å². The van der Waals surface area contributed by atoms with E-state index in [1.807, 2.05) is 25.1 Å². The summed E-state index contributed by atoms with van der Waals surface area (Å²) >= 11 is 0. The van der Waals surface area contributed by atoms with Gasteiger partial charge in [0.2, 0.25) is 0 Å². The van der Waals surface area contributed by atoms with E-state index < -0.39 is 0 Å². The van der Waals surface area contributed by atoms with Gasteiger partial charge in [0.1, 0.15) is 11.5 Å². The molecule has 0 saturated carbocycles. The molecule has 1 aromatic carbocycles. The maximum Gasteiger partial charge on any atom is 0.122 e. The number of aryl methyl sites for hydroxylation is 1. The first-order chi connectivity index (χ1) is 9.20. The molecule has 0 aliphatic heterocycles. The average molecular weight is 258 g/mol. The van der Waals surface area contributed by atoms with Gasteiger partial charge in [-0.2, -0.15) is 0 Å². The summed E-state index contributed by atoms with van der Waals surface area (Å²) < 4.78 is 5.69. The normalized spacial score (nSPS) is 12.8. The first kappa shape index (κ1) is 13.8. The van der Waals surface area contributed by atoms with Crippen molar-refractivity contribution in [1.82, 2.24) is 4.90 Å². The van der Waals surface area contributed by atoms with Crippen molar-refractivity contribution in [2.75, 3.05) is 20.1 Å². The van der Waals surface area contributed by atoms with Crippen LogP contribution in [0.15, 0.2) is 46.9 Å². The van der Waals surface area contributed by atoms with Gasteiger partial charge in [-0.3, -0.25) is 4.90 Å². The molecule has 3 nitrogen and oxygen atoms in total. The minimum atomic E-state index is 0.150. The first-order valence-corrected chi connectivity index (χ1v) is 6.71. The molecule has 0 amide bonds. The third-order valence-corrected chi connectivity index (χ3v) is 3.44. The first-order valence-electron chi connectivity index (χ1n) is 6.71.